The van der Waals surface area contributed by atoms with E-state index in [-0.39, 0.29) is 23.7 Å². The molecule has 3 aliphatic rings. The highest BCUT2D eigenvalue weighted by Crippen LogP contribution is 2.56. The molecule has 3 fully saturated rings. The molecule has 4 rings (SSSR count). The summed E-state index contributed by atoms with van der Waals surface area (Å²) in [4.78, 5) is 26.5. The van der Waals surface area contributed by atoms with Gasteiger partial charge in [-0.3, -0.25) is 14.5 Å². The van der Waals surface area contributed by atoms with Gasteiger partial charge < -0.3 is 5.73 Å². The minimum absolute atomic E-state index is 0.00646. The Morgan fingerprint density at radius 2 is 1.47 bits per heavy atom. The molecule has 4 atom stereocenters. The van der Waals surface area contributed by atoms with Crippen LogP contribution in [0.15, 0.2) is 24.3 Å². The lowest BCUT2D eigenvalue weighted by Crippen LogP contribution is -2.32. The SMILES string of the molecule is Nc1ccc(N2C(=O)[C@@H]3[C@H]4CC[C@H](C4)[C@@H]3C2=O)cc1. The molecule has 2 N–H and O–H groups in total. The Bertz CT molecular complexity index is 538. The van der Waals surface area contributed by atoms with E-state index in [0.29, 0.717) is 23.2 Å². The molecule has 19 heavy (non-hydrogen) atoms. The molecule has 1 saturated heterocycles. The van der Waals surface area contributed by atoms with Crippen LogP contribution in [0.5, 0.6) is 0 Å². The first-order valence-electron chi connectivity index (χ1n) is 6.90. The number of hydrogen-bond acceptors (Lipinski definition) is 3. The van der Waals surface area contributed by atoms with Gasteiger partial charge in [0.25, 0.3) is 0 Å². The first-order chi connectivity index (χ1) is 9.16. The van der Waals surface area contributed by atoms with Gasteiger partial charge >= 0.3 is 0 Å². The molecule has 98 valence electrons. The van der Waals surface area contributed by atoms with Crippen LogP contribution in [0.1, 0.15) is 19.3 Å². The summed E-state index contributed by atoms with van der Waals surface area (Å²) in [5.74, 6) is 0.780. The molecular weight excluding hydrogens is 240 g/mol. The maximum absolute atomic E-state index is 12.5. The first-order valence-corrected chi connectivity index (χ1v) is 6.90. The zero-order chi connectivity index (χ0) is 13.1. The minimum Gasteiger partial charge on any atom is -0.399 e. The monoisotopic (exact) mass is 256 g/mol. The highest BCUT2D eigenvalue weighted by Gasteiger charge is 2.61. The predicted molar refractivity (Wildman–Crippen MR) is 71.2 cm³/mol. The van der Waals surface area contributed by atoms with E-state index in [4.69, 9.17) is 5.73 Å². The van der Waals surface area contributed by atoms with Gasteiger partial charge in [-0.05, 0) is 55.4 Å². The van der Waals surface area contributed by atoms with E-state index in [1.54, 1.807) is 24.3 Å². The largest absolute Gasteiger partial charge is 0.399 e. The highest BCUT2D eigenvalue weighted by atomic mass is 16.2. The van der Waals surface area contributed by atoms with Gasteiger partial charge in [0, 0.05) is 5.69 Å². The van der Waals surface area contributed by atoms with Crippen LogP contribution in [-0.2, 0) is 9.59 Å². The summed E-state index contributed by atoms with van der Waals surface area (Å²) in [5, 5.41) is 0. The van der Waals surface area contributed by atoms with Crippen LogP contribution in [0.25, 0.3) is 0 Å². The molecule has 2 amide bonds. The molecule has 0 aromatic heterocycles. The predicted octanol–water partition coefficient (Wildman–Crippen LogP) is 1.80. The van der Waals surface area contributed by atoms with Crippen LogP contribution < -0.4 is 10.6 Å². The van der Waals surface area contributed by atoms with Crippen molar-refractivity contribution in [3.63, 3.8) is 0 Å². The number of imide groups is 1. The van der Waals surface area contributed by atoms with Gasteiger partial charge in [0.1, 0.15) is 0 Å². The quantitative estimate of drug-likeness (QED) is 0.615. The fraction of sp³-hybridized carbons (Fsp3) is 0.467. The Hall–Kier alpha value is -1.84. The van der Waals surface area contributed by atoms with Crippen molar-refractivity contribution in [3.05, 3.63) is 24.3 Å². The number of anilines is 2. The summed E-state index contributed by atoms with van der Waals surface area (Å²) in [6, 6.07) is 6.99. The van der Waals surface area contributed by atoms with Crippen LogP contribution in [0.2, 0.25) is 0 Å². The number of nitrogen functional groups attached to an aromatic ring is 1. The van der Waals surface area contributed by atoms with Crippen LogP contribution in [0, 0.1) is 23.7 Å². The van der Waals surface area contributed by atoms with E-state index in [9.17, 15) is 9.59 Å². The summed E-state index contributed by atoms with van der Waals surface area (Å²) in [7, 11) is 0. The lowest BCUT2D eigenvalue weighted by atomic mass is 9.81. The summed E-state index contributed by atoms with van der Waals surface area (Å²) in [6.45, 7) is 0. The van der Waals surface area contributed by atoms with E-state index in [1.165, 1.54) is 4.90 Å². The summed E-state index contributed by atoms with van der Waals surface area (Å²) >= 11 is 0. The van der Waals surface area contributed by atoms with E-state index in [2.05, 4.69) is 0 Å². The van der Waals surface area contributed by atoms with E-state index in [0.717, 1.165) is 19.3 Å². The number of nitrogens with zero attached hydrogens (tertiary/aromatic N) is 1. The number of hydrogen-bond donors (Lipinski definition) is 1. The second-order valence-corrected chi connectivity index (χ2v) is 5.99. The van der Waals surface area contributed by atoms with Crippen molar-refractivity contribution in [1.29, 1.82) is 0 Å². The summed E-state index contributed by atoms with van der Waals surface area (Å²) < 4.78 is 0. The minimum atomic E-state index is -0.0520. The molecule has 1 heterocycles. The molecule has 4 nitrogen and oxygen atoms in total. The fourth-order valence-corrected chi connectivity index (χ4v) is 4.29. The third-order valence-electron chi connectivity index (χ3n) is 5.08. The molecule has 1 aliphatic heterocycles. The Morgan fingerprint density at radius 3 is 2.00 bits per heavy atom. The van der Waals surface area contributed by atoms with E-state index < -0.39 is 0 Å². The lowest BCUT2D eigenvalue weighted by Gasteiger charge is -2.19. The maximum Gasteiger partial charge on any atom is 0.237 e. The third kappa shape index (κ3) is 1.34. The number of carbonyl (C=O) groups excluding carboxylic acids is 2. The normalized spacial score (nSPS) is 36.1. The van der Waals surface area contributed by atoms with E-state index in [1.807, 2.05) is 0 Å². The van der Waals surface area contributed by atoms with Gasteiger partial charge in [0.15, 0.2) is 0 Å². The standard InChI is InChI=1S/C15H16N2O2/c16-10-3-5-11(6-4-10)17-14(18)12-8-1-2-9(7-8)13(12)15(17)19/h3-6,8-9,12-13H,1-2,7,16H2/t8-,9+,12+,13-. The van der Waals surface area contributed by atoms with Gasteiger partial charge in [-0.15, -0.1) is 0 Å². The van der Waals surface area contributed by atoms with Gasteiger partial charge in [-0.25, -0.2) is 0 Å². The average Bonchev–Trinajstić information content (AvgIpc) is 3.06. The molecule has 0 unspecified atom stereocenters. The molecule has 2 saturated carbocycles. The number of nitrogens with two attached hydrogens (primary N) is 1. The molecular formula is C15H16N2O2. The van der Waals surface area contributed by atoms with Gasteiger partial charge in [0.2, 0.25) is 11.8 Å². The topological polar surface area (TPSA) is 63.4 Å². The number of amides is 2. The molecule has 0 radical (unpaired) electrons. The fourth-order valence-electron chi connectivity index (χ4n) is 4.29. The molecule has 1 aromatic carbocycles. The van der Waals surface area contributed by atoms with Crippen molar-refractivity contribution >= 4 is 23.2 Å². The van der Waals surface area contributed by atoms with Crippen molar-refractivity contribution in [3.8, 4) is 0 Å². The average molecular weight is 256 g/mol. The lowest BCUT2D eigenvalue weighted by molar-refractivity contribution is -0.123. The second-order valence-electron chi connectivity index (χ2n) is 5.99. The van der Waals surface area contributed by atoms with Crippen LogP contribution >= 0.6 is 0 Å². The molecule has 2 aliphatic carbocycles. The number of fused-ring (bicyclic) bond motifs is 5. The smallest absolute Gasteiger partial charge is 0.237 e. The second kappa shape index (κ2) is 3.59. The number of rotatable bonds is 1. The Labute approximate surface area is 111 Å². The van der Waals surface area contributed by atoms with Crippen molar-refractivity contribution < 1.29 is 9.59 Å². The van der Waals surface area contributed by atoms with Crippen molar-refractivity contribution in [2.24, 2.45) is 23.7 Å². The van der Waals surface area contributed by atoms with Crippen molar-refractivity contribution in [2.45, 2.75) is 19.3 Å². The van der Waals surface area contributed by atoms with Gasteiger partial charge in [-0.2, -0.15) is 0 Å². The molecule has 2 bridgehead atoms. The molecule has 4 heteroatoms. The maximum atomic E-state index is 12.5. The van der Waals surface area contributed by atoms with Gasteiger partial charge in [0.05, 0.1) is 17.5 Å². The molecule has 1 aromatic rings. The molecule has 0 spiro atoms. The first kappa shape index (κ1) is 11.0. The number of carbonyl (C=O) groups is 2. The van der Waals surface area contributed by atoms with Crippen molar-refractivity contribution in [1.82, 2.24) is 0 Å². The Balaban J connectivity index is 1.73. The van der Waals surface area contributed by atoms with E-state index >= 15 is 0 Å². The number of benzene rings is 1. The van der Waals surface area contributed by atoms with Crippen molar-refractivity contribution in [2.75, 3.05) is 10.6 Å². The van der Waals surface area contributed by atoms with Crippen LogP contribution in [-0.4, -0.2) is 11.8 Å². The van der Waals surface area contributed by atoms with Crippen LogP contribution in [0.4, 0.5) is 11.4 Å². The third-order valence-corrected chi connectivity index (χ3v) is 5.08. The van der Waals surface area contributed by atoms with Gasteiger partial charge in [-0.1, -0.05) is 0 Å². The summed E-state index contributed by atoms with van der Waals surface area (Å²) in [6.07, 6.45) is 3.29. The Kier molecular flexibility index (Phi) is 2.08. The summed E-state index contributed by atoms with van der Waals surface area (Å²) in [5.41, 5.74) is 6.96. The van der Waals surface area contributed by atoms with Crippen LogP contribution in [0.3, 0.4) is 0 Å². The highest BCUT2D eigenvalue weighted by molar-refractivity contribution is 6.22. The zero-order valence-electron chi connectivity index (χ0n) is 10.6. The Morgan fingerprint density at radius 1 is 0.947 bits per heavy atom. The zero-order valence-corrected chi connectivity index (χ0v) is 10.6.